The van der Waals surface area contributed by atoms with Gasteiger partial charge in [0.25, 0.3) is 0 Å². The van der Waals surface area contributed by atoms with E-state index in [0.29, 0.717) is 0 Å². The van der Waals surface area contributed by atoms with Crippen LogP contribution in [0.5, 0.6) is 0 Å². The molecular formula is C44H27N5. The van der Waals surface area contributed by atoms with Crippen molar-refractivity contribution in [1.29, 1.82) is 0 Å². The molecule has 0 atom stereocenters. The third kappa shape index (κ3) is 4.33. The second kappa shape index (κ2) is 10.9. The smallest absolute Gasteiger partial charge is 0.0887 e. The maximum atomic E-state index is 4.98. The van der Waals surface area contributed by atoms with Gasteiger partial charge >= 0.3 is 0 Å². The maximum absolute atomic E-state index is 4.98. The maximum Gasteiger partial charge on any atom is 0.0887 e. The van der Waals surface area contributed by atoms with Crippen molar-refractivity contribution in [3.63, 3.8) is 0 Å². The van der Waals surface area contributed by atoms with Crippen LogP contribution in [0, 0.1) is 0 Å². The average Bonchev–Trinajstić information content (AvgIpc) is 3.51. The van der Waals surface area contributed by atoms with Gasteiger partial charge in [-0.15, -0.1) is 0 Å². The summed E-state index contributed by atoms with van der Waals surface area (Å²) >= 11 is 0. The third-order valence-electron chi connectivity index (χ3n) is 9.58. The molecule has 5 heterocycles. The molecule has 5 aromatic carbocycles. The van der Waals surface area contributed by atoms with Gasteiger partial charge in [-0.05, 0) is 70.8 Å². The van der Waals surface area contributed by atoms with E-state index >= 15 is 0 Å². The van der Waals surface area contributed by atoms with Crippen molar-refractivity contribution in [2.45, 2.75) is 0 Å². The summed E-state index contributed by atoms with van der Waals surface area (Å²) in [5.74, 6) is 0. The van der Waals surface area contributed by atoms with Crippen LogP contribution in [-0.4, -0.2) is 24.5 Å². The highest BCUT2D eigenvalue weighted by molar-refractivity contribution is 6.23. The Balaban J connectivity index is 1.31. The lowest BCUT2D eigenvalue weighted by molar-refractivity contribution is 1.14. The molecule has 5 aromatic heterocycles. The SMILES string of the molecule is c1ccc(-c2ccc(-n3c4ccc(-c5nccc6ccccc56)cc4c4cc(-c5nccc6ccccc56)c5ccccc5c43)cn2)nc1. The highest BCUT2D eigenvalue weighted by Gasteiger charge is 2.21. The highest BCUT2D eigenvalue weighted by atomic mass is 15.0. The highest BCUT2D eigenvalue weighted by Crippen LogP contribution is 2.43. The third-order valence-corrected chi connectivity index (χ3v) is 9.58. The largest absolute Gasteiger partial charge is 0.307 e. The number of pyridine rings is 4. The summed E-state index contributed by atoms with van der Waals surface area (Å²) in [6.45, 7) is 0. The van der Waals surface area contributed by atoms with Crippen LogP contribution in [0.3, 0.4) is 0 Å². The summed E-state index contributed by atoms with van der Waals surface area (Å²) in [7, 11) is 0. The van der Waals surface area contributed by atoms with Gasteiger partial charge in [0.15, 0.2) is 0 Å². The first-order valence-electron chi connectivity index (χ1n) is 16.4. The molecule has 0 saturated carbocycles. The Hall–Kier alpha value is -6.72. The Labute approximate surface area is 281 Å². The Morgan fingerprint density at radius 3 is 1.82 bits per heavy atom. The van der Waals surface area contributed by atoms with Gasteiger partial charge in [-0.2, -0.15) is 0 Å². The minimum Gasteiger partial charge on any atom is -0.307 e. The van der Waals surface area contributed by atoms with Gasteiger partial charge in [0.1, 0.15) is 0 Å². The fourth-order valence-electron chi connectivity index (χ4n) is 7.35. The van der Waals surface area contributed by atoms with Crippen molar-refractivity contribution >= 4 is 54.1 Å². The number of nitrogens with zero attached hydrogens (tertiary/aromatic N) is 5. The molecule has 0 aliphatic rings. The predicted molar refractivity (Wildman–Crippen MR) is 201 cm³/mol. The Morgan fingerprint density at radius 1 is 0.408 bits per heavy atom. The van der Waals surface area contributed by atoms with Crippen LogP contribution in [-0.2, 0) is 0 Å². The molecule has 5 nitrogen and oxygen atoms in total. The summed E-state index contributed by atoms with van der Waals surface area (Å²) in [5, 5.41) is 9.20. The van der Waals surface area contributed by atoms with E-state index in [4.69, 9.17) is 15.0 Å². The number of hydrogen-bond acceptors (Lipinski definition) is 4. The molecular weight excluding hydrogens is 599 g/mol. The zero-order valence-corrected chi connectivity index (χ0v) is 26.3. The summed E-state index contributed by atoms with van der Waals surface area (Å²) < 4.78 is 2.35. The number of fused-ring (bicyclic) bond motifs is 7. The fraction of sp³-hybridized carbons (Fsp3) is 0. The van der Waals surface area contributed by atoms with Crippen molar-refractivity contribution in [2.75, 3.05) is 0 Å². The van der Waals surface area contributed by atoms with Gasteiger partial charge in [-0.1, -0.05) is 84.9 Å². The lowest BCUT2D eigenvalue weighted by Gasteiger charge is -2.13. The van der Waals surface area contributed by atoms with Crippen molar-refractivity contribution in [3.05, 3.63) is 164 Å². The average molecular weight is 626 g/mol. The van der Waals surface area contributed by atoms with Gasteiger partial charge < -0.3 is 4.57 Å². The number of aromatic nitrogens is 5. The molecule has 0 N–H and O–H groups in total. The van der Waals surface area contributed by atoms with E-state index in [-0.39, 0.29) is 0 Å². The molecule has 0 unspecified atom stereocenters. The monoisotopic (exact) mass is 625 g/mol. The van der Waals surface area contributed by atoms with Gasteiger partial charge in [0.2, 0.25) is 0 Å². The van der Waals surface area contributed by atoms with Crippen LogP contribution in [0.1, 0.15) is 0 Å². The van der Waals surface area contributed by atoms with E-state index in [1.807, 2.05) is 36.8 Å². The minimum absolute atomic E-state index is 0.837. The Morgan fingerprint density at radius 2 is 1.08 bits per heavy atom. The number of hydrogen-bond donors (Lipinski definition) is 0. The van der Waals surface area contributed by atoms with E-state index in [9.17, 15) is 0 Å². The molecule has 228 valence electrons. The molecule has 10 aromatic rings. The first kappa shape index (κ1) is 27.4. The van der Waals surface area contributed by atoms with Crippen molar-refractivity contribution < 1.29 is 0 Å². The topological polar surface area (TPSA) is 56.5 Å². The number of rotatable bonds is 4. The van der Waals surface area contributed by atoms with Crippen LogP contribution in [0.4, 0.5) is 0 Å². The van der Waals surface area contributed by atoms with E-state index in [1.54, 1.807) is 6.20 Å². The van der Waals surface area contributed by atoms with Crippen LogP contribution >= 0.6 is 0 Å². The molecule has 0 bridgehead atoms. The first-order valence-corrected chi connectivity index (χ1v) is 16.4. The molecule has 0 aliphatic heterocycles. The zero-order chi connectivity index (χ0) is 32.3. The van der Waals surface area contributed by atoms with Crippen LogP contribution in [0.2, 0.25) is 0 Å². The molecule has 0 amide bonds. The molecule has 0 spiro atoms. The molecule has 10 rings (SSSR count). The Bertz CT molecular complexity index is 2860. The van der Waals surface area contributed by atoms with Crippen molar-refractivity contribution in [2.24, 2.45) is 0 Å². The van der Waals surface area contributed by atoms with Gasteiger partial charge in [-0.25, -0.2) is 0 Å². The standard InChI is InChI=1S/C44H27N5/c1-3-11-32-28(9-1)20-23-46-42(32)30-16-19-41-36(25-30)38-26-37(43-33-12-4-2-10-29(33)21-24-47-43)34-13-5-6-14-35(34)44(38)49(41)31-17-18-40(48-27-31)39-15-7-8-22-45-39/h1-27H. The molecule has 0 radical (unpaired) electrons. The number of benzene rings is 5. The molecule has 49 heavy (non-hydrogen) atoms. The first-order chi connectivity index (χ1) is 24.3. The summed E-state index contributed by atoms with van der Waals surface area (Å²) in [5.41, 5.74) is 9.02. The lowest BCUT2D eigenvalue weighted by Crippen LogP contribution is -1.97. The van der Waals surface area contributed by atoms with Crippen LogP contribution in [0.25, 0.3) is 93.7 Å². The summed E-state index contributed by atoms with van der Waals surface area (Å²) in [6.07, 6.45) is 7.57. The van der Waals surface area contributed by atoms with Crippen molar-refractivity contribution in [1.82, 2.24) is 24.5 Å². The van der Waals surface area contributed by atoms with E-state index < -0.39 is 0 Å². The second-order valence-corrected chi connectivity index (χ2v) is 12.3. The zero-order valence-electron chi connectivity index (χ0n) is 26.3. The van der Waals surface area contributed by atoms with E-state index in [2.05, 4.69) is 131 Å². The molecule has 0 aliphatic carbocycles. The van der Waals surface area contributed by atoms with Gasteiger partial charge in [0, 0.05) is 56.6 Å². The normalized spacial score (nSPS) is 11.7. The van der Waals surface area contributed by atoms with E-state index in [0.717, 1.165) is 82.9 Å². The van der Waals surface area contributed by atoms with Crippen LogP contribution < -0.4 is 0 Å². The fourth-order valence-corrected chi connectivity index (χ4v) is 7.35. The summed E-state index contributed by atoms with van der Waals surface area (Å²) in [4.78, 5) is 19.3. The minimum atomic E-state index is 0.837. The van der Waals surface area contributed by atoms with Crippen LogP contribution in [0.15, 0.2) is 164 Å². The van der Waals surface area contributed by atoms with E-state index in [1.165, 1.54) is 10.8 Å². The van der Waals surface area contributed by atoms with Crippen molar-refractivity contribution in [3.8, 4) is 39.6 Å². The van der Waals surface area contributed by atoms with Gasteiger partial charge in [0.05, 0.1) is 45.7 Å². The predicted octanol–water partition coefficient (Wildman–Crippen LogP) is 10.8. The second-order valence-electron chi connectivity index (χ2n) is 12.3. The lowest BCUT2D eigenvalue weighted by atomic mass is 9.95. The molecule has 0 saturated heterocycles. The van der Waals surface area contributed by atoms with Gasteiger partial charge in [-0.3, -0.25) is 19.9 Å². The molecule has 5 heteroatoms. The summed E-state index contributed by atoms with van der Waals surface area (Å²) in [6, 6.07) is 48.9. The Kier molecular flexibility index (Phi) is 6.11. The quantitative estimate of drug-likeness (QED) is 0.195. The molecule has 0 fully saturated rings.